The lowest BCUT2D eigenvalue weighted by Gasteiger charge is -2.34. The average Bonchev–Trinajstić information content (AvgIpc) is 2.65. The Morgan fingerprint density at radius 3 is 2.75 bits per heavy atom. The quantitative estimate of drug-likeness (QED) is 0.791. The number of nitrogens with zero attached hydrogens (tertiary/aromatic N) is 1. The number of hydrogen-bond donors (Lipinski definition) is 0. The van der Waals surface area contributed by atoms with Crippen molar-refractivity contribution in [3.63, 3.8) is 0 Å². The van der Waals surface area contributed by atoms with E-state index >= 15 is 0 Å². The highest BCUT2D eigenvalue weighted by Gasteiger charge is 2.25. The van der Waals surface area contributed by atoms with Crippen LogP contribution in [0.5, 0.6) is 5.75 Å². The molecule has 1 atom stereocenters. The van der Waals surface area contributed by atoms with Gasteiger partial charge in [-0.1, -0.05) is 37.3 Å². The number of carbonyl (C=O) groups excluding carboxylic acids is 1. The molecule has 0 fully saturated rings. The average molecular weight is 325 g/mol. The number of methoxy groups -OCH3 is 1. The molecule has 24 heavy (non-hydrogen) atoms. The Balaban J connectivity index is 1.76. The van der Waals surface area contributed by atoms with Crippen LogP contribution in [0.2, 0.25) is 0 Å². The number of benzene rings is 2. The number of likely N-dealkylation sites (N-methyl/N-ethyl adjacent to an activating group) is 1. The topological polar surface area (TPSA) is 38.8 Å². The zero-order valence-corrected chi connectivity index (χ0v) is 14.2. The first-order valence-electron chi connectivity index (χ1n) is 8.33. The second kappa shape index (κ2) is 7.49. The molecule has 1 aliphatic heterocycles. The summed E-state index contributed by atoms with van der Waals surface area (Å²) < 4.78 is 10.7. The third kappa shape index (κ3) is 3.60. The van der Waals surface area contributed by atoms with E-state index in [2.05, 4.69) is 36.1 Å². The van der Waals surface area contributed by atoms with E-state index < -0.39 is 0 Å². The maximum atomic E-state index is 11.7. The molecular formula is C20H23NO3. The van der Waals surface area contributed by atoms with Crippen LogP contribution in [0.25, 0.3) is 0 Å². The summed E-state index contributed by atoms with van der Waals surface area (Å²) in [7, 11) is 1.40. The summed E-state index contributed by atoms with van der Waals surface area (Å²) in [5, 5.41) is 0. The number of fused-ring (bicyclic) bond motifs is 1. The van der Waals surface area contributed by atoms with Gasteiger partial charge in [0.1, 0.15) is 12.4 Å². The van der Waals surface area contributed by atoms with E-state index in [9.17, 15) is 4.79 Å². The molecule has 126 valence electrons. The van der Waals surface area contributed by atoms with Crippen molar-refractivity contribution in [3.05, 3.63) is 65.2 Å². The smallest absolute Gasteiger partial charge is 0.337 e. The summed E-state index contributed by atoms with van der Waals surface area (Å²) in [6, 6.07) is 16.3. The summed E-state index contributed by atoms with van der Waals surface area (Å²) in [6.45, 7) is 4.70. The van der Waals surface area contributed by atoms with Gasteiger partial charge in [-0.05, 0) is 42.3 Å². The van der Waals surface area contributed by atoms with Crippen LogP contribution < -0.4 is 4.74 Å². The fourth-order valence-corrected chi connectivity index (χ4v) is 3.17. The number of hydrogen-bond acceptors (Lipinski definition) is 4. The van der Waals surface area contributed by atoms with E-state index in [0.717, 1.165) is 30.8 Å². The minimum Gasteiger partial charge on any atom is -0.492 e. The lowest BCUT2D eigenvalue weighted by Crippen LogP contribution is -2.42. The molecule has 1 aliphatic rings. The van der Waals surface area contributed by atoms with E-state index in [0.29, 0.717) is 18.2 Å². The number of carbonyl (C=O) groups is 1. The third-order valence-corrected chi connectivity index (χ3v) is 4.52. The van der Waals surface area contributed by atoms with Gasteiger partial charge in [0, 0.05) is 12.6 Å². The Hall–Kier alpha value is -2.33. The van der Waals surface area contributed by atoms with Crippen molar-refractivity contribution in [2.24, 2.45) is 0 Å². The Bertz CT molecular complexity index is 699. The molecule has 0 saturated carbocycles. The molecule has 2 aromatic rings. The van der Waals surface area contributed by atoms with Gasteiger partial charge in [-0.3, -0.25) is 4.90 Å². The van der Waals surface area contributed by atoms with Crippen molar-refractivity contribution in [2.45, 2.75) is 25.9 Å². The van der Waals surface area contributed by atoms with E-state index in [1.807, 2.05) is 18.2 Å². The molecule has 4 heteroatoms. The Labute approximate surface area is 143 Å². The molecule has 0 spiro atoms. The number of ether oxygens (including phenoxy) is 2. The monoisotopic (exact) mass is 325 g/mol. The third-order valence-electron chi connectivity index (χ3n) is 4.52. The van der Waals surface area contributed by atoms with Crippen LogP contribution in [0.15, 0.2) is 48.5 Å². The molecule has 0 aromatic heterocycles. The van der Waals surface area contributed by atoms with Crippen LogP contribution in [0.3, 0.4) is 0 Å². The lowest BCUT2D eigenvalue weighted by atomic mass is 9.98. The molecule has 2 aromatic carbocycles. The molecular weight excluding hydrogens is 302 g/mol. The zero-order valence-electron chi connectivity index (χ0n) is 14.2. The van der Waals surface area contributed by atoms with Gasteiger partial charge in [-0.2, -0.15) is 0 Å². The molecule has 0 N–H and O–H groups in total. The van der Waals surface area contributed by atoms with Crippen molar-refractivity contribution in [2.75, 3.05) is 20.3 Å². The lowest BCUT2D eigenvalue weighted by molar-refractivity contribution is 0.0600. The minimum absolute atomic E-state index is 0.301. The van der Waals surface area contributed by atoms with Crippen LogP contribution in [0.1, 0.15) is 28.4 Å². The maximum absolute atomic E-state index is 11.7. The first kappa shape index (κ1) is 16.5. The maximum Gasteiger partial charge on any atom is 0.337 e. The zero-order chi connectivity index (χ0) is 16.9. The molecule has 4 nitrogen and oxygen atoms in total. The van der Waals surface area contributed by atoms with Crippen LogP contribution >= 0.6 is 0 Å². The van der Waals surface area contributed by atoms with Crippen molar-refractivity contribution >= 4 is 5.97 Å². The highest BCUT2D eigenvalue weighted by atomic mass is 16.5. The van der Waals surface area contributed by atoms with Gasteiger partial charge in [0.15, 0.2) is 0 Å². The summed E-state index contributed by atoms with van der Waals surface area (Å²) in [5.74, 6) is 0.561. The Morgan fingerprint density at radius 1 is 1.25 bits per heavy atom. The van der Waals surface area contributed by atoms with Crippen LogP contribution in [-0.4, -0.2) is 37.2 Å². The van der Waals surface area contributed by atoms with Gasteiger partial charge >= 0.3 is 5.97 Å². The second-order valence-electron chi connectivity index (χ2n) is 6.03. The molecule has 0 bridgehead atoms. The molecule has 0 radical (unpaired) electrons. The van der Waals surface area contributed by atoms with Crippen molar-refractivity contribution < 1.29 is 14.3 Å². The van der Waals surface area contributed by atoms with Crippen molar-refractivity contribution in [3.8, 4) is 5.75 Å². The second-order valence-corrected chi connectivity index (χ2v) is 6.03. The molecule has 0 saturated heterocycles. The van der Waals surface area contributed by atoms with E-state index in [1.165, 1.54) is 12.7 Å². The van der Waals surface area contributed by atoms with Gasteiger partial charge in [0.05, 0.1) is 12.7 Å². The van der Waals surface area contributed by atoms with Crippen LogP contribution in [0.4, 0.5) is 0 Å². The molecule has 0 amide bonds. The predicted octanol–water partition coefficient (Wildman–Crippen LogP) is 3.30. The van der Waals surface area contributed by atoms with E-state index in [4.69, 9.17) is 9.47 Å². The van der Waals surface area contributed by atoms with Crippen LogP contribution in [-0.2, 0) is 17.7 Å². The van der Waals surface area contributed by atoms with Gasteiger partial charge in [0.25, 0.3) is 0 Å². The van der Waals surface area contributed by atoms with Gasteiger partial charge < -0.3 is 9.47 Å². The molecule has 3 rings (SSSR count). The van der Waals surface area contributed by atoms with Gasteiger partial charge in [-0.15, -0.1) is 0 Å². The number of rotatable bonds is 5. The summed E-state index contributed by atoms with van der Waals surface area (Å²) in [4.78, 5) is 14.2. The van der Waals surface area contributed by atoms with Crippen molar-refractivity contribution in [1.82, 2.24) is 4.90 Å². The van der Waals surface area contributed by atoms with E-state index in [1.54, 1.807) is 6.07 Å². The number of esters is 1. The Kier molecular flexibility index (Phi) is 5.16. The van der Waals surface area contributed by atoms with Crippen LogP contribution in [0, 0.1) is 0 Å². The normalized spacial score (nSPS) is 16.4. The van der Waals surface area contributed by atoms with E-state index in [-0.39, 0.29) is 5.97 Å². The highest BCUT2D eigenvalue weighted by Crippen LogP contribution is 2.28. The van der Waals surface area contributed by atoms with Gasteiger partial charge in [-0.25, -0.2) is 4.79 Å². The highest BCUT2D eigenvalue weighted by molar-refractivity contribution is 5.89. The standard InChI is InChI=1S/C20H23NO3/c1-3-21(13-15-7-5-4-6-8-15)18-12-17-11-16(20(22)23-2)9-10-19(17)24-14-18/h4-11,18H,3,12-14H2,1-2H3/t18-/m0/s1. The summed E-state index contributed by atoms with van der Waals surface area (Å²) in [5.41, 5.74) is 2.95. The first-order valence-corrected chi connectivity index (χ1v) is 8.33. The fourth-order valence-electron chi connectivity index (χ4n) is 3.17. The Morgan fingerprint density at radius 2 is 2.04 bits per heavy atom. The first-order chi connectivity index (χ1) is 11.7. The molecule has 1 heterocycles. The van der Waals surface area contributed by atoms with Gasteiger partial charge in [0.2, 0.25) is 0 Å². The largest absolute Gasteiger partial charge is 0.492 e. The summed E-state index contributed by atoms with van der Waals surface area (Å²) >= 11 is 0. The van der Waals surface area contributed by atoms with Crippen molar-refractivity contribution in [1.29, 1.82) is 0 Å². The molecule has 0 aliphatic carbocycles. The minimum atomic E-state index is -0.309. The summed E-state index contributed by atoms with van der Waals surface area (Å²) in [6.07, 6.45) is 0.876. The fraction of sp³-hybridized carbons (Fsp3) is 0.350. The predicted molar refractivity (Wildman–Crippen MR) is 93.3 cm³/mol. The molecule has 0 unspecified atom stereocenters. The SMILES string of the molecule is CCN(Cc1ccccc1)[C@@H]1COc2ccc(C(=O)OC)cc2C1.